The molecule has 1 fully saturated rings. The van der Waals surface area contributed by atoms with E-state index in [4.69, 9.17) is 11.6 Å². The van der Waals surface area contributed by atoms with E-state index in [9.17, 15) is 0 Å². The second-order valence-corrected chi connectivity index (χ2v) is 5.74. The predicted molar refractivity (Wildman–Crippen MR) is 69.6 cm³/mol. The van der Waals surface area contributed by atoms with E-state index in [0.29, 0.717) is 11.1 Å². The number of aryl methyl sites for hydroxylation is 1. The second-order valence-electron chi connectivity index (χ2n) is 4.23. The lowest BCUT2D eigenvalue weighted by atomic mass is 10.1. The molecule has 2 aromatic heterocycles. The summed E-state index contributed by atoms with van der Waals surface area (Å²) in [7, 11) is 0. The summed E-state index contributed by atoms with van der Waals surface area (Å²) in [4.78, 5) is 4.55. The van der Waals surface area contributed by atoms with Crippen LogP contribution in [0.15, 0.2) is 18.3 Å². The maximum atomic E-state index is 6.22. The Morgan fingerprint density at radius 2 is 2.44 bits per heavy atom. The Kier molecular flexibility index (Phi) is 2.60. The molecule has 1 atom stereocenters. The summed E-state index contributed by atoms with van der Waals surface area (Å²) >= 11 is 8.23. The van der Waals surface area contributed by atoms with Gasteiger partial charge in [-0.3, -0.25) is 0 Å². The van der Waals surface area contributed by atoms with Gasteiger partial charge in [0.2, 0.25) is 0 Å². The minimum absolute atomic E-state index is 0.562. The summed E-state index contributed by atoms with van der Waals surface area (Å²) in [6.45, 7) is 2.08. The van der Waals surface area contributed by atoms with Crippen molar-refractivity contribution in [1.29, 1.82) is 0 Å². The topological polar surface area (TPSA) is 17.3 Å². The molecule has 0 saturated carbocycles. The van der Waals surface area contributed by atoms with Crippen LogP contribution in [-0.4, -0.2) is 20.9 Å². The Hall–Kier alpha value is -0.670. The maximum Gasteiger partial charge on any atom is 0.155 e. The first-order valence-corrected chi connectivity index (χ1v) is 7.01. The molecule has 16 heavy (non-hydrogen) atoms. The average molecular weight is 253 g/mol. The normalized spacial score (nSPS) is 20.8. The Bertz CT molecular complexity index is 529. The number of imidazole rings is 1. The average Bonchev–Trinajstić information content (AvgIpc) is 2.86. The molecule has 84 valence electrons. The molecule has 0 N–H and O–H groups in total. The quantitative estimate of drug-likeness (QED) is 0.773. The number of aromatic nitrogens is 2. The van der Waals surface area contributed by atoms with E-state index in [2.05, 4.69) is 34.6 Å². The summed E-state index contributed by atoms with van der Waals surface area (Å²) in [6, 6.07) is 4.14. The van der Waals surface area contributed by atoms with Crippen molar-refractivity contribution >= 4 is 28.9 Å². The highest BCUT2D eigenvalue weighted by Gasteiger charge is 2.23. The van der Waals surface area contributed by atoms with Crippen molar-refractivity contribution in [2.24, 2.45) is 0 Å². The lowest BCUT2D eigenvalue weighted by Gasteiger charge is -2.07. The molecule has 4 heteroatoms. The zero-order valence-electron chi connectivity index (χ0n) is 9.11. The van der Waals surface area contributed by atoms with Crippen LogP contribution in [0, 0.1) is 6.92 Å². The number of fused-ring (bicyclic) bond motifs is 1. The first-order chi connectivity index (χ1) is 7.77. The number of pyridine rings is 1. The molecule has 0 spiro atoms. The third kappa shape index (κ3) is 1.54. The summed E-state index contributed by atoms with van der Waals surface area (Å²) in [5.41, 5.74) is 2.26. The highest BCUT2D eigenvalue weighted by Crippen LogP contribution is 2.34. The minimum Gasteiger partial charge on any atom is -0.302 e. The van der Waals surface area contributed by atoms with Crippen molar-refractivity contribution in [3.8, 4) is 0 Å². The van der Waals surface area contributed by atoms with E-state index in [1.165, 1.54) is 23.5 Å². The van der Waals surface area contributed by atoms with E-state index in [1.54, 1.807) is 0 Å². The number of rotatable bonds is 1. The summed E-state index contributed by atoms with van der Waals surface area (Å²) in [6.07, 6.45) is 3.29. The molecule has 1 saturated heterocycles. The van der Waals surface area contributed by atoms with E-state index in [1.807, 2.05) is 11.8 Å². The fourth-order valence-electron chi connectivity index (χ4n) is 2.30. The van der Waals surface area contributed by atoms with Crippen LogP contribution in [0.3, 0.4) is 0 Å². The Balaban J connectivity index is 2.22. The third-order valence-corrected chi connectivity index (χ3v) is 4.57. The lowest BCUT2D eigenvalue weighted by molar-refractivity contribution is 0.713. The molecular weight excluding hydrogens is 240 g/mol. The van der Waals surface area contributed by atoms with Gasteiger partial charge in [0.1, 0.15) is 5.82 Å². The smallest absolute Gasteiger partial charge is 0.155 e. The van der Waals surface area contributed by atoms with E-state index < -0.39 is 0 Å². The zero-order chi connectivity index (χ0) is 11.1. The number of thioether (sulfide) groups is 1. The molecule has 3 heterocycles. The fourth-order valence-corrected chi connectivity index (χ4v) is 3.85. The van der Waals surface area contributed by atoms with Crippen molar-refractivity contribution in [1.82, 2.24) is 9.38 Å². The highest BCUT2D eigenvalue weighted by molar-refractivity contribution is 7.99. The van der Waals surface area contributed by atoms with Gasteiger partial charge in [-0.2, -0.15) is 11.8 Å². The molecular formula is C12H13ClN2S. The van der Waals surface area contributed by atoms with Gasteiger partial charge in [0.25, 0.3) is 0 Å². The second kappa shape index (κ2) is 3.97. The van der Waals surface area contributed by atoms with Gasteiger partial charge >= 0.3 is 0 Å². The number of hydrogen-bond donors (Lipinski definition) is 0. The van der Waals surface area contributed by atoms with Crippen LogP contribution in [0.2, 0.25) is 5.15 Å². The Labute approximate surface area is 104 Å². The van der Waals surface area contributed by atoms with Gasteiger partial charge in [0.05, 0.1) is 5.52 Å². The molecule has 0 radical (unpaired) electrons. The van der Waals surface area contributed by atoms with E-state index in [-0.39, 0.29) is 0 Å². The Morgan fingerprint density at radius 3 is 3.19 bits per heavy atom. The van der Waals surface area contributed by atoms with Gasteiger partial charge in [-0.25, -0.2) is 4.98 Å². The highest BCUT2D eigenvalue weighted by atomic mass is 35.5. The number of halogens is 1. The molecule has 0 bridgehead atoms. The van der Waals surface area contributed by atoms with Gasteiger partial charge in [-0.1, -0.05) is 17.7 Å². The Morgan fingerprint density at radius 1 is 1.56 bits per heavy atom. The molecule has 1 aliphatic heterocycles. The van der Waals surface area contributed by atoms with E-state index in [0.717, 1.165) is 11.3 Å². The van der Waals surface area contributed by atoms with Crippen LogP contribution in [0.5, 0.6) is 0 Å². The van der Waals surface area contributed by atoms with Gasteiger partial charge in [0, 0.05) is 17.9 Å². The van der Waals surface area contributed by atoms with Gasteiger partial charge in [0.15, 0.2) is 5.15 Å². The van der Waals surface area contributed by atoms with Crippen LogP contribution in [-0.2, 0) is 0 Å². The third-order valence-electron chi connectivity index (χ3n) is 3.15. The van der Waals surface area contributed by atoms with Gasteiger partial charge in [-0.15, -0.1) is 0 Å². The molecule has 1 unspecified atom stereocenters. The van der Waals surface area contributed by atoms with Crippen LogP contribution in [0.25, 0.3) is 5.52 Å². The predicted octanol–water partition coefficient (Wildman–Crippen LogP) is 3.52. The van der Waals surface area contributed by atoms with E-state index >= 15 is 0 Å². The van der Waals surface area contributed by atoms with Crippen molar-refractivity contribution in [2.45, 2.75) is 19.3 Å². The van der Waals surface area contributed by atoms with Crippen LogP contribution in [0.4, 0.5) is 0 Å². The number of hydrogen-bond acceptors (Lipinski definition) is 2. The maximum absolute atomic E-state index is 6.22. The molecule has 3 rings (SSSR count). The number of nitrogens with zero attached hydrogens (tertiary/aromatic N) is 2. The minimum atomic E-state index is 0.562. The van der Waals surface area contributed by atoms with Crippen LogP contribution in [0.1, 0.15) is 23.7 Å². The summed E-state index contributed by atoms with van der Waals surface area (Å²) < 4.78 is 2.16. The largest absolute Gasteiger partial charge is 0.302 e. The van der Waals surface area contributed by atoms with Gasteiger partial charge in [-0.05, 0) is 30.7 Å². The SMILES string of the molecule is Cc1cccn2c(C3CCSC3)nc(Cl)c12. The fraction of sp³-hybridized carbons (Fsp3) is 0.417. The first-order valence-electron chi connectivity index (χ1n) is 5.48. The van der Waals surface area contributed by atoms with Crippen molar-refractivity contribution in [3.05, 3.63) is 34.9 Å². The standard InChI is InChI=1S/C12H13ClN2S/c1-8-3-2-5-15-10(8)11(13)14-12(15)9-4-6-16-7-9/h2-3,5,9H,4,6-7H2,1H3. The molecule has 2 aromatic rings. The van der Waals surface area contributed by atoms with Gasteiger partial charge < -0.3 is 4.40 Å². The monoisotopic (exact) mass is 252 g/mol. The molecule has 0 aromatic carbocycles. The molecule has 0 aliphatic carbocycles. The van der Waals surface area contributed by atoms with Crippen molar-refractivity contribution in [3.63, 3.8) is 0 Å². The first kappa shape index (κ1) is 10.5. The molecule has 2 nitrogen and oxygen atoms in total. The van der Waals surface area contributed by atoms with Crippen LogP contribution >= 0.6 is 23.4 Å². The zero-order valence-corrected chi connectivity index (χ0v) is 10.7. The molecule has 1 aliphatic rings. The van der Waals surface area contributed by atoms with Crippen molar-refractivity contribution < 1.29 is 0 Å². The molecule has 0 amide bonds. The summed E-state index contributed by atoms with van der Waals surface area (Å²) in [5, 5.41) is 0.644. The van der Waals surface area contributed by atoms with Crippen LogP contribution < -0.4 is 0 Å². The van der Waals surface area contributed by atoms with Crippen molar-refractivity contribution in [2.75, 3.05) is 11.5 Å². The summed E-state index contributed by atoms with van der Waals surface area (Å²) in [5.74, 6) is 4.10. The lowest BCUT2D eigenvalue weighted by Crippen LogP contribution is -2.02.